The van der Waals surface area contributed by atoms with Gasteiger partial charge in [-0.05, 0) is 48.1 Å². The Morgan fingerprint density at radius 2 is 1.20 bits per heavy atom. The van der Waals surface area contributed by atoms with Crippen LogP contribution in [0.4, 0.5) is 9.93 Å². The van der Waals surface area contributed by atoms with Gasteiger partial charge in [-0.2, -0.15) is 0 Å². The van der Waals surface area contributed by atoms with Crippen molar-refractivity contribution in [2.45, 2.75) is 126 Å². The smallest absolute Gasteiger partial charge is 0.315 e. The predicted molar refractivity (Wildman–Crippen MR) is 262 cm³/mol. The molecule has 3 aromatic carbocycles. The molecule has 2 saturated heterocycles. The number of nitrogens with zero attached hydrogens (tertiary/aromatic N) is 3. The number of rotatable bonds is 23. The van der Waals surface area contributed by atoms with Crippen LogP contribution in [0.25, 0.3) is 10.4 Å². The second-order valence-corrected chi connectivity index (χ2v) is 20.0. The second kappa shape index (κ2) is 23.0. The number of hydrogen-bond acceptors (Lipinski definition) is 8. The number of thiazole rings is 1. The number of likely N-dealkylation sites (tertiary alicyclic amines) is 1. The fraction of sp³-hybridized carbons (Fsp3) is 0.528. The molecule has 5 amide bonds. The summed E-state index contributed by atoms with van der Waals surface area (Å²) in [7, 11) is 1.68. The van der Waals surface area contributed by atoms with E-state index in [1.165, 1.54) is 68.9 Å². The highest BCUT2D eigenvalue weighted by Gasteiger charge is 2.49. The molecule has 8 atom stereocenters. The minimum atomic E-state index is -0.651. The molecule has 352 valence electrons. The minimum absolute atomic E-state index is 0.0179. The van der Waals surface area contributed by atoms with E-state index in [0.29, 0.717) is 25.2 Å². The van der Waals surface area contributed by atoms with Crippen molar-refractivity contribution in [3.63, 3.8) is 0 Å². The summed E-state index contributed by atoms with van der Waals surface area (Å²) >= 11 is 1.56. The fourth-order valence-electron chi connectivity index (χ4n) is 9.95. The van der Waals surface area contributed by atoms with E-state index in [9.17, 15) is 19.2 Å². The summed E-state index contributed by atoms with van der Waals surface area (Å²) in [5.74, 6) is -1.34. The van der Waals surface area contributed by atoms with Gasteiger partial charge in [0.25, 0.3) is 5.91 Å². The highest BCUT2D eigenvalue weighted by molar-refractivity contribution is 7.18. The van der Waals surface area contributed by atoms with E-state index in [1.807, 2.05) is 66.9 Å². The molecule has 3 heterocycles. The van der Waals surface area contributed by atoms with Gasteiger partial charge < -0.3 is 35.8 Å². The van der Waals surface area contributed by atoms with Crippen molar-refractivity contribution in [1.82, 2.24) is 31.2 Å². The Labute approximate surface area is 395 Å². The monoisotopic (exact) mass is 916 g/mol. The predicted octanol–water partition coefficient (Wildman–Crippen LogP) is 8.66. The number of ether oxygens (including phenoxy) is 1. The van der Waals surface area contributed by atoms with Gasteiger partial charge in [0.05, 0.1) is 28.9 Å². The molecular formula is C53H69N7O5S. The van der Waals surface area contributed by atoms with Crippen molar-refractivity contribution in [2.75, 3.05) is 44.7 Å². The largest absolute Gasteiger partial charge is 0.377 e. The lowest BCUT2D eigenvalue weighted by molar-refractivity contribution is -0.133. The molecule has 2 saturated carbocycles. The van der Waals surface area contributed by atoms with Gasteiger partial charge in [0.15, 0.2) is 5.13 Å². The van der Waals surface area contributed by atoms with Crippen LogP contribution in [0.15, 0.2) is 91.1 Å². The number of unbranched alkanes of at least 4 members (excludes halogenated alkanes) is 10. The molecule has 0 spiro atoms. The standard InChI is InChI=1S/C53H69N7O5S/c1-3-4-5-6-7-8-9-10-11-12-19-28-54-52(64)58-46-34-60(35-47(46)65-2)53-55-31-48(66-53)38-24-26-39(27-25-38)51(63)59-32-42(49(61)56-44-29-40(44)36-20-15-13-16-21-36)43(33-59)50(62)57-45-30-41(45)37-22-17-14-18-23-37/h13-18,20-27,31,40-47H,3-12,19,28-30,32-35H2,1-2H3,(H,56,61)(H,57,62)(H2,54,58,64)/t40-,41-,42-,43-,44+,45+,46+,47+/m1/s1. The van der Waals surface area contributed by atoms with Gasteiger partial charge in [0, 0.05) is 75.5 Å². The third-order valence-corrected chi connectivity index (χ3v) is 15.2. The Hall–Kier alpha value is -5.27. The van der Waals surface area contributed by atoms with E-state index in [-0.39, 0.29) is 72.9 Å². The number of amides is 5. The molecule has 4 N–H and O–H groups in total. The topological polar surface area (TPSA) is 145 Å². The lowest BCUT2D eigenvalue weighted by Crippen LogP contribution is -2.48. The van der Waals surface area contributed by atoms with E-state index in [2.05, 4.69) is 57.4 Å². The molecule has 0 radical (unpaired) electrons. The van der Waals surface area contributed by atoms with Crippen LogP contribution >= 0.6 is 11.3 Å². The zero-order valence-corrected chi connectivity index (χ0v) is 39.6. The van der Waals surface area contributed by atoms with Crippen molar-refractivity contribution < 1.29 is 23.9 Å². The maximum atomic E-state index is 14.1. The molecule has 2 aliphatic carbocycles. The summed E-state index contributed by atoms with van der Waals surface area (Å²) in [6.45, 7) is 4.46. The molecule has 2 aliphatic heterocycles. The number of aromatic nitrogens is 1. The molecule has 8 rings (SSSR count). The van der Waals surface area contributed by atoms with Crippen molar-refractivity contribution in [3.05, 3.63) is 108 Å². The molecule has 4 aromatic rings. The van der Waals surface area contributed by atoms with Gasteiger partial charge in [-0.25, -0.2) is 9.78 Å². The zero-order chi connectivity index (χ0) is 45.8. The number of benzene rings is 3. The van der Waals surface area contributed by atoms with Gasteiger partial charge >= 0.3 is 6.03 Å². The third kappa shape index (κ3) is 12.4. The second-order valence-electron chi connectivity index (χ2n) is 19.0. The number of hydrogen-bond donors (Lipinski definition) is 4. The normalized spacial score (nSPS) is 24.2. The van der Waals surface area contributed by atoms with E-state index in [0.717, 1.165) is 41.3 Å². The van der Waals surface area contributed by atoms with E-state index in [4.69, 9.17) is 9.72 Å². The summed E-state index contributed by atoms with van der Waals surface area (Å²) in [5.41, 5.74) is 3.82. The zero-order valence-electron chi connectivity index (χ0n) is 38.8. The lowest BCUT2D eigenvalue weighted by Gasteiger charge is -2.18. The quantitative estimate of drug-likeness (QED) is 0.0546. The number of nitrogens with one attached hydrogen (secondary N) is 4. The summed E-state index contributed by atoms with van der Waals surface area (Å²) in [6.07, 6.45) is 17.4. The van der Waals surface area contributed by atoms with Crippen molar-refractivity contribution >= 4 is 40.2 Å². The first-order chi connectivity index (χ1) is 32.3. The van der Waals surface area contributed by atoms with Gasteiger partial charge in [-0.15, -0.1) is 0 Å². The Morgan fingerprint density at radius 1 is 0.652 bits per heavy atom. The number of carbonyl (C=O) groups excluding carboxylic acids is 4. The maximum absolute atomic E-state index is 14.1. The van der Waals surface area contributed by atoms with Crippen LogP contribution in [0.2, 0.25) is 0 Å². The average molecular weight is 916 g/mol. The van der Waals surface area contributed by atoms with Gasteiger partial charge in [-0.3, -0.25) is 14.4 Å². The van der Waals surface area contributed by atoms with Crippen molar-refractivity contribution in [2.24, 2.45) is 11.8 Å². The molecular weight excluding hydrogens is 847 g/mol. The SMILES string of the molecule is CCCCCCCCCCCCCNC(=O)N[C@H]1CN(c2ncc(-c3ccc(C(=O)N4C[C@@H](C(=O)N[C@H]5C[C@@H]5c5ccccc5)[C@H](C(=O)N[C@H]5C[C@@H]5c5ccccc5)C4)cc3)s2)C[C@@H]1OC. The Bertz CT molecular complexity index is 2130. The Kier molecular flexibility index (Phi) is 16.4. The molecule has 1 aromatic heterocycles. The molecule has 12 nitrogen and oxygen atoms in total. The van der Waals surface area contributed by atoms with E-state index in [1.54, 1.807) is 23.3 Å². The molecule has 4 aliphatic rings. The molecule has 13 heteroatoms. The van der Waals surface area contributed by atoms with Crippen molar-refractivity contribution in [3.8, 4) is 10.4 Å². The highest BCUT2D eigenvalue weighted by atomic mass is 32.1. The summed E-state index contributed by atoms with van der Waals surface area (Å²) in [6, 6.07) is 27.5. The van der Waals surface area contributed by atoms with Gasteiger partial charge in [-0.1, -0.05) is 155 Å². The van der Waals surface area contributed by atoms with Crippen LogP contribution in [0.1, 0.15) is 124 Å². The van der Waals surface area contributed by atoms with E-state index < -0.39 is 11.8 Å². The van der Waals surface area contributed by atoms with Gasteiger partial charge in [0.1, 0.15) is 0 Å². The first-order valence-corrected chi connectivity index (χ1v) is 25.5. The molecule has 0 unspecified atom stereocenters. The summed E-state index contributed by atoms with van der Waals surface area (Å²) in [4.78, 5) is 64.3. The molecule has 0 bridgehead atoms. The lowest BCUT2D eigenvalue weighted by atomic mass is 9.94. The van der Waals surface area contributed by atoms with Crippen molar-refractivity contribution in [1.29, 1.82) is 0 Å². The number of urea groups is 1. The van der Waals surface area contributed by atoms with Crippen LogP contribution in [-0.4, -0.2) is 97.7 Å². The first kappa shape index (κ1) is 47.2. The Morgan fingerprint density at radius 3 is 1.74 bits per heavy atom. The molecule has 4 fully saturated rings. The minimum Gasteiger partial charge on any atom is -0.377 e. The van der Waals surface area contributed by atoms with Crippen LogP contribution in [0, 0.1) is 11.8 Å². The van der Waals surface area contributed by atoms with Crippen LogP contribution in [-0.2, 0) is 14.3 Å². The average Bonchev–Trinajstić information content (AvgIpc) is 4.07. The number of carbonyl (C=O) groups is 4. The maximum Gasteiger partial charge on any atom is 0.315 e. The molecule has 66 heavy (non-hydrogen) atoms. The Balaban J connectivity index is 0.817. The van der Waals surface area contributed by atoms with Crippen LogP contribution in [0.5, 0.6) is 0 Å². The van der Waals surface area contributed by atoms with Crippen LogP contribution in [0.3, 0.4) is 0 Å². The summed E-state index contributed by atoms with van der Waals surface area (Å²) < 4.78 is 5.80. The number of methoxy groups -OCH3 is 1. The van der Waals surface area contributed by atoms with Crippen LogP contribution < -0.4 is 26.2 Å². The third-order valence-electron chi connectivity index (χ3n) is 14.1. The fourth-order valence-corrected chi connectivity index (χ4v) is 10.9. The van der Waals surface area contributed by atoms with E-state index >= 15 is 0 Å². The van der Waals surface area contributed by atoms with Gasteiger partial charge in [0.2, 0.25) is 11.8 Å². The highest BCUT2D eigenvalue weighted by Crippen LogP contribution is 2.43. The number of anilines is 1. The first-order valence-electron chi connectivity index (χ1n) is 24.7. The summed E-state index contributed by atoms with van der Waals surface area (Å²) in [5, 5.41) is 13.5.